The maximum atomic E-state index is 6.42. The second-order valence-corrected chi connectivity index (χ2v) is 7.97. The van der Waals surface area contributed by atoms with Crippen LogP contribution < -0.4 is 10.1 Å². The molecule has 1 N–H and O–H groups in total. The summed E-state index contributed by atoms with van der Waals surface area (Å²) < 4.78 is 11.2. The van der Waals surface area contributed by atoms with Gasteiger partial charge in [0.15, 0.2) is 5.11 Å². The second-order valence-electron chi connectivity index (χ2n) is 7.18. The number of morpholine rings is 1. The number of nitrogens with one attached hydrogen (secondary N) is 1. The zero-order valence-electron chi connectivity index (χ0n) is 17.5. The van der Waals surface area contributed by atoms with Crippen LogP contribution in [0, 0.1) is 0 Å². The largest absolute Gasteiger partial charge is 0.492 e. The molecule has 0 saturated carbocycles. The monoisotopic (exact) mass is 447 g/mol. The van der Waals surface area contributed by atoms with Crippen molar-refractivity contribution < 1.29 is 9.47 Å². The Balaban J connectivity index is 1.67. The van der Waals surface area contributed by atoms with Crippen LogP contribution in [0.4, 0.5) is 5.69 Å². The first-order chi connectivity index (χ1) is 14.7. The Labute approximate surface area is 189 Å². The molecule has 0 spiro atoms. The summed E-state index contributed by atoms with van der Waals surface area (Å²) in [5, 5.41) is 4.81. The van der Waals surface area contributed by atoms with Gasteiger partial charge in [-0.1, -0.05) is 41.9 Å². The van der Waals surface area contributed by atoms with Gasteiger partial charge in [0.1, 0.15) is 5.75 Å². The van der Waals surface area contributed by atoms with Crippen LogP contribution in [0.15, 0.2) is 48.5 Å². The molecule has 5 nitrogen and oxygen atoms in total. The van der Waals surface area contributed by atoms with Gasteiger partial charge in [-0.2, -0.15) is 0 Å². The average molecular weight is 448 g/mol. The third kappa shape index (κ3) is 6.84. The molecule has 0 amide bonds. The predicted octanol–water partition coefficient (Wildman–Crippen LogP) is 4.66. The third-order valence-corrected chi connectivity index (χ3v) is 5.77. The standard InChI is InChI=1S/C23H30ClN3O2S/c1-2-29-22-11-6-5-10-21(22)25-23(30)27(18-19-8-3-4-9-20(19)24)13-7-12-26-14-16-28-17-15-26/h3-6,8-11H,2,7,12-18H2,1H3,(H,25,30). The van der Waals surface area contributed by atoms with Gasteiger partial charge in [0.2, 0.25) is 0 Å². The normalized spacial score (nSPS) is 14.3. The van der Waals surface area contributed by atoms with E-state index in [9.17, 15) is 0 Å². The Morgan fingerprint density at radius 3 is 2.67 bits per heavy atom. The van der Waals surface area contributed by atoms with Crippen molar-refractivity contribution in [3.8, 4) is 5.75 Å². The molecule has 30 heavy (non-hydrogen) atoms. The fourth-order valence-electron chi connectivity index (χ4n) is 3.44. The lowest BCUT2D eigenvalue weighted by Gasteiger charge is -2.30. The smallest absolute Gasteiger partial charge is 0.173 e. The molecule has 2 aromatic rings. The lowest BCUT2D eigenvalue weighted by Crippen LogP contribution is -2.40. The van der Waals surface area contributed by atoms with Crippen LogP contribution in [0.5, 0.6) is 5.75 Å². The molecule has 0 aromatic heterocycles. The van der Waals surface area contributed by atoms with Gasteiger partial charge in [0.05, 0.1) is 25.5 Å². The number of rotatable bonds is 9. The van der Waals surface area contributed by atoms with E-state index in [-0.39, 0.29) is 0 Å². The summed E-state index contributed by atoms with van der Waals surface area (Å²) in [6, 6.07) is 15.8. The van der Waals surface area contributed by atoms with Crippen molar-refractivity contribution in [1.82, 2.24) is 9.80 Å². The van der Waals surface area contributed by atoms with Gasteiger partial charge in [-0.05, 0) is 49.3 Å². The summed E-state index contributed by atoms with van der Waals surface area (Å²) >= 11 is 12.2. The van der Waals surface area contributed by atoms with Crippen molar-refractivity contribution in [2.45, 2.75) is 19.9 Å². The molecule has 0 aliphatic carbocycles. The van der Waals surface area contributed by atoms with Crippen LogP contribution >= 0.6 is 23.8 Å². The number of hydrogen-bond acceptors (Lipinski definition) is 4. The lowest BCUT2D eigenvalue weighted by molar-refractivity contribution is 0.0368. The van der Waals surface area contributed by atoms with Crippen molar-refractivity contribution in [2.75, 3.05) is 51.3 Å². The van der Waals surface area contributed by atoms with Crippen LogP contribution in [-0.2, 0) is 11.3 Å². The molecule has 0 atom stereocenters. The topological polar surface area (TPSA) is 37.0 Å². The number of benzene rings is 2. The Morgan fingerprint density at radius 2 is 1.90 bits per heavy atom. The van der Waals surface area contributed by atoms with Crippen LogP contribution in [-0.4, -0.2) is 60.9 Å². The number of hydrogen-bond donors (Lipinski definition) is 1. The molecule has 1 aliphatic rings. The average Bonchev–Trinajstić information content (AvgIpc) is 2.76. The highest BCUT2D eigenvalue weighted by Gasteiger charge is 2.16. The van der Waals surface area contributed by atoms with Gasteiger partial charge >= 0.3 is 0 Å². The fraction of sp³-hybridized carbons (Fsp3) is 0.435. The fourth-order valence-corrected chi connectivity index (χ4v) is 3.90. The van der Waals surface area contributed by atoms with Gasteiger partial charge in [-0.25, -0.2) is 0 Å². The van der Waals surface area contributed by atoms with Crippen molar-refractivity contribution in [3.05, 3.63) is 59.1 Å². The van der Waals surface area contributed by atoms with Crippen LogP contribution in [0.3, 0.4) is 0 Å². The summed E-state index contributed by atoms with van der Waals surface area (Å²) in [6.45, 7) is 8.73. The Kier molecular flexibility index (Phi) is 9.21. The molecule has 1 heterocycles. The van der Waals surface area contributed by atoms with Gasteiger partial charge in [-0.15, -0.1) is 0 Å². The molecule has 7 heteroatoms. The highest BCUT2D eigenvalue weighted by Crippen LogP contribution is 2.25. The van der Waals surface area contributed by atoms with Gasteiger partial charge in [0.25, 0.3) is 0 Å². The van der Waals surface area contributed by atoms with E-state index in [0.717, 1.165) is 67.8 Å². The van der Waals surface area contributed by atoms with Crippen molar-refractivity contribution in [3.63, 3.8) is 0 Å². The summed E-state index contributed by atoms with van der Waals surface area (Å²) in [5.74, 6) is 0.799. The Morgan fingerprint density at radius 1 is 1.17 bits per heavy atom. The van der Waals surface area contributed by atoms with Crippen molar-refractivity contribution in [1.29, 1.82) is 0 Å². The van der Waals surface area contributed by atoms with Crippen LogP contribution in [0.2, 0.25) is 5.02 Å². The summed E-state index contributed by atoms with van der Waals surface area (Å²) in [5.41, 5.74) is 1.94. The van der Waals surface area contributed by atoms with Crippen molar-refractivity contribution >= 4 is 34.6 Å². The first kappa shape index (κ1) is 22.8. The highest BCUT2D eigenvalue weighted by molar-refractivity contribution is 7.80. The first-order valence-electron chi connectivity index (χ1n) is 10.5. The molecule has 0 unspecified atom stereocenters. The van der Waals surface area contributed by atoms with Gasteiger partial charge in [-0.3, -0.25) is 4.90 Å². The Bertz CT molecular complexity index is 815. The van der Waals surface area contributed by atoms with E-state index in [2.05, 4.69) is 15.1 Å². The molecule has 0 radical (unpaired) electrons. The van der Waals surface area contributed by atoms with Crippen LogP contribution in [0.25, 0.3) is 0 Å². The maximum Gasteiger partial charge on any atom is 0.173 e. The van der Waals surface area contributed by atoms with Crippen molar-refractivity contribution in [2.24, 2.45) is 0 Å². The summed E-state index contributed by atoms with van der Waals surface area (Å²) in [7, 11) is 0. The molecule has 1 fully saturated rings. The van der Waals surface area contributed by atoms with E-state index in [4.69, 9.17) is 33.3 Å². The van der Waals surface area contributed by atoms with Crippen LogP contribution in [0.1, 0.15) is 18.9 Å². The SMILES string of the molecule is CCOc1ccccc1NC(=S)N(CCCN1CCOCC1)Cc1ccccc1Cl. The Hall–Kier alpha value is -1.86. The number of para-hydroxylation sites is 2. The number of nitrogens with zero attached hydrogens (tertiary/aromatic N) is 2. The molecule has 3 rings (SSSR count). The van der Waals surface area contributed by atoms with E-state index in [1.54, 1.807) is 0 Å². The molecule has 0 bridgehead atoms. The number of halogens is 1. The minimum atomic E-state index is 0.605. The van der Waals surface area contributed by atoms with E-state index < -0.39 is 0 Å². The summed E-state index contributed by atoms with van der Waals surface area (Å²) in [6.07, 6.45) is 1.01. The molecule has 162 valence electrons. The molecule has 1 saturated heterocycles. The second kappa shape index (κ2) is 12.1. The number of ether oxygens (including phenoxy) is 2. The molecule has 1 aliphatic heterocycles. The number of anilines is 1. The zero-order chi connectivity index (χ0) is 21.2. The predicted molar refractivity (Wildman–Crippen MR) is 128 cm³/mol. The maximum absolute atomic E-state index is 6.42. The summed E-state index contributed by atoms with van der Waals surface area (Å²) in [4.78, 5) is 4.62. The molecular formula is C23H30ClN3O2S. The van der Waals surface area contributed by atoms with Gasteiger partial charge in [0, 0.05) is 37.7 Å². The third-order valence-electron chi connectivity index (χ3n) is 5.04. The minimum absolute atomic E-state index is 0.605. The van der Waals surface area contributed by atoms with E-state index in [1.165, 1.54) is 0 Å². The van der Waals surface area contributed by atoms with E-state index >= 15 is 0 Å². The molecule has 2 aromatic carbocycles. The highest BCUT2D eigenvalue weighted by atomic mass is 35.5. The van der Waals surface area contributed by atoms with E-state index in [1.807, 2.05) is 55.5 Å². The van der Waals surface area contributed by atoms with Gasteiger partial charge < -0.3 is 19.7 Å². The minimum Gasteiger partial charge on any atom is -0.492 e. The number of thiocarbonyl (C=S) groups is 1. The van der Waals surface area contributed by atoms with E-state index in [0.29, 0.717) is 18.3 Å². The lowest BCUT2D eigenvalue weighted by atomic mass is 10.2. The molecular weight excluding hydrogens is 418 g/mol. The quantitative estimate of drug-likeness (QED) is 0.563. The zero-order valence-corrected chi connectivity index (χ0v) is 19.1. The first-order valence-corrected chi connectivity index (χ1v) is 11.3.